The van der Waals surface area contributed by atoms with Gasteiger partial charge in [-0.25, -0.2) is 0 Å². The van der Waals surface area contributed by atoms with Gasteiger partial charge in [0.15, 0.2) is 0 Å². The Labute approximate surface area is 114 Å². The van der Waals surface area contributed by atoms with Crippen LogP contribution in [0, 0.1) is 10.5 Å². The normalized spacial score (nSPS) is 10.5. The molecule has 2 rings (SSSR count). The molecule has 0 unspecified atom stereocenters. The highest BCUT2D eigenvalue weighted by Crippen LogP contribution is 2.26. The quantitative estimate of drug-likeness (QED) is 0.798. The Morgan fingerprint density at radius 3 is 2.82 bits per heavy atom. The first-order valence-corrected chi connectivity index (χ1v) is 6.51. The summed E-state index contributed by atoms with van der Waals surface area (Å²) in [5, 5.41) is 3.89. The van der Waals surface area contributed by atoms with Gasteiger partial charge < -0.3 is 9.26 Å². The molecule has 90 valence electrons. The van der Waals surface area contributed by atoms with Crippen molar-refractivity contribution < 1.29 is 9.26 Å². The fourth-order valence-electron chi connectivity index (χ4n) is 1.39. The third-order valence-corrected chi connectivity index (χ3v) is 3.02. The van der Waals surface area contributed by atoms with Gasteiger partial charge in [0.2, 0.25) is 11.7 Å². The van der Waals surface area contributed by atoms with Crippen LogP contribution in [0.2, 0.25) is 0 Å². The monoisotopic (exact) mass is 344 g/mol. The van der Waals surface area contributed by atoms with E-state index in [9.17, 15) is 0 Å². The van der Waals surface area contributed by atoms with Crippen molar-refractivity contribution in [1.82, 2.24) is 10.1 Å². The van der Waals surface area contributed by atoms with Crippen molar-refractivity contribution in [3.05, 3.63) is 27.7 Å². The molecule has 0 aliphatic heterocycles. The minimum absolute atomic E-state index is 0.571. The molecule has 1 aromatic heterocycles. The van der Waals surface area contributed by atoms with Crippen molar-refractivity contribution in [3.8, 4) is 17.1 Å². The average Bonchev–Trinajstić information content (AvgIpc) is 2.74. The van der Waals surface area contributed by atoms with Crippen molar-refractivity contribution >= 4 is 22.6 Å². The second kappa shape index (κ2) is 5.48. The summed E-state index contributed by atoms with van der Waals surface area (Å²) < 4.78 is 11.6. The molecule has 0 radical (unpaired) electrons. The largest absolute Gasteiger partial charge is 0.492 e. The number of aromatic nitrogens is 2. The molecule has 0 amide bonds. The number of benzene rings is 1. The van der Waals surface area contributed by atoms with Crippen molar-refractivity contribution in [2.24, 2.45) is 0 Å². The Hall–Kier alpha value is -1.11. The predicted octanol–water partition coefficient (Wildman–Crippen LogP) is 3.44. The zero-order valence-corrected chi connectivity index (χ0v) is 11.9. The molecule has 0 fully saturated rings. The number of aryl methyl sites for hydroxylation is 1. The highest BCUT2D eigenvalue weighted by Gasteiger charge is 2.08. The maximum Gasteiger partial charge on any atom is 0.223 e. The second-order valence-corrected chi connectivity index (χ2v) is 4.79. The summed E-state index contributed by atoms with van der Waals surface area (Å²) >= 11 is 2.25. The first-order valence-electron chi connectivity index (χ1n) is 5.43. The molecule has 0 saturated heterocycles. The van der Waals surface area contributed by atoms with E-state index in [0.717, 1.165) is 27.9 Å². The van der Waals surface area contributed by atoms with Gasteiger partial charge in [-0.1, -0.05) is 12.1 Å². The fourth-order valence-corrected chi connectivity index (χ4v) is 2.06. The van der Waals surface area contributed by atoms with Crippen LogP contribution in [-0.4, -0.2) is 16.7 Å². The van der Waals surface area contributed by atoms with Gasteiger partial charge >= 0.3 is 0 Å². The minimum atomic E-state index is 0.571. The Morgan fingerprint density at radius 2 is 2.24 bits per heavy atom. The minimum Gasteiger partial charge on any atom is -0.492 e. The van der Waals surface area contributed by atoms with Crippen LogP contribution in [0.4, 0.5) is 0 Å². The van der Waals surface area contributed by atoms with E-state index in [2.05, 4.69) is 39.7 Å². The standard InChI is InChI=1S/C12H13IN2O2/c1-3-6-16-11-5-4-9(7-10(11)13)12-14-8(2)17-15-12/h4-5,7H,3,6H2,1-2H3. The van der Waals surface area contributed by atoms with Crippen LogP contribution >= 0.6 is 22.6 Å². The van der Waals surface area contributed by atoms with E-state index < -0.39 is 0 Å². The lowest BCUT2D eigenvalue weighted by Crippen LogP contribution is -1.97. The second-order valence-electron chi connectivity index (χ2n) is 3.63. The van der Waals surface area contributed by atoms with E-state index in [-0.39, 0.29) is 0 Å². The van der Waals surface area contributed by atoms with Crippen LogP contribution in [0.3, 0.4) is 0 Å². The number of ether oxygens (including phenoxy) is 1. The van der Waals surface area contributed by atoms with E-state index >= 15 is 0 Å². The van der Waals surface area contributed by atoms with Crippen LogP contribution in [-0.2, 0) is 0 Å². The van der Waals surface area contributed by atoms with Crippen LogP contribution in [0.5, 0.6) is 5.75 Å². The van der Waals surface area contributed by atoms with Crippen molar-refractivity contribution in [1.29, 1.82) is 0 Å². The molecular weight excluding hydrogens is 331 g/mol. The summed E-state index contributed by atoms with van der Waals surface area (Å²) in [5.41, 5.74) is 0.940. The van der Waals surface area contributed by atoms with E-state index in [0.29, 0.717) is 11.7 Å². The molecule has 2 aromatic rings. The molecule has 1 heterocycles. The summed E-state index contributed by atoms with van der Waals surface area (Å²) in [4.78, 5) is 4.19. The molecule has 17 heavy (non-hydrogen) atoms. The first kappa shape index (κ1) is 12.3. The number of hydrogen-bond acceptors (Lipinski definition) is 4. The molecule has 0 aliphatic carbocycles. The Bertz CT molecular complexity index is 511. The first-order chi connectivity index (χ1) is 8.20. The van der Waals surface area contributed by atoms with Gasteiger partial charge in [0, 0.05) is 12.5 Å². The van der Waals surface area contributed by atoms with Crippen molar-refractivity contribution in [3.63, 3.8) is 0 Å². The maximum atomic E-state index is 5.61. The number of nitrogens with zero attached hydrogens (tertiary/aromatic N) is 2. The van der Waals surface area contributed by atoms with Gasteiger partial charge in [-0.2, -0.15) is 4.98 Å². The lowest BCUT2D eigenvalue weighted by atomic mass is 10.2. The van der Waals surface area contributed by atoms with Crippen LogP contribution in [0.1, 0.15) is 19.2 Å². The smallest absolute Gasteiger partial charge is 0.223 e. The van der Waals surface area contributed by atoms with Gasteiger partial charge in [0.1, 0.15) is 5.75 Å². The summed E-state index contributed by atoms with van der Waals surface area (Å²) in [6.45, 7) is 4.60. The Morgan fingerprint density at radius 1 is 1.41 bits per heavy atom. The van der Waals surface area contributed by atoms with E-state index in [1.54, 1.807) is 6.92 Å². The summed E-state index contributed by atoms with van der Waals surface area (Å²) in [7, 11) is 0. The number of hydrogen-bond donors (Lipinski definition) is 0. The number of halogens is 1. The molecular formula is C12H13IN2O2. The number of rotatable bonds is 4. The molecule has 0 atom stereocenters. The van der Waals surface area contributed by atoms with E-state index in [4.69, 9.17) is 9.26 Å². The Kier molecular flexibility index (Phi) is 3.98. The van der Waals surface area contributed by atoms with E-state index in [1.807, 2.05) is 18.2 Å². The van der Waals surface area contributed by atoms with Gasteiger partial charge in [-0.05, 0) is 47.2 Å². The van der Waals surface area contributed by atoms with Gasteiger partial charge in [0.05, 0.1) is 10.2 Å². The summed E-state index contributed by atoms with van der Waals surface area (Å²) in [5.74, 6) is 2.08. The lowest BCUT2D eigenvalue weighted by molar-refractivity contribution is 0.315. The van der Waals surface area contributed by atoms with Crippen LogP contribution < -0.4 is 4.74 Å². The SMILES string of the molecule is CCCOc1ccc(-c2noc(C)n2)cc1I. The van der Waals surface area contributed by atoms with Gasteiger partial charge in [0.25, 0.3) is 0 Å². The third-order valence-electron chi connectivity index (χ3n) is 2.18. The third kappa shape index (κ3) is 2.96. The Balaban J connectivity index is 2.24. The molecule has 0 saturated carbocycles. The molecule has 0 bridgehead atoms. The molecule has 1 aromatic carbocycles. The summed E-state index contributed by atoms with van der Waals surface area (Å²) in [6, 6.07) is 5.88. The van der Waals surface area contributed by atoms with Crippen molar-refractivity contribution in [2.45, 2.75) is 20.3 Å². The van der Waals surface area contributed by atoms with Crippen molar-refractivity contribution in [2.75, 3.05) is 6.61 Å². The molecule has 0 N–H and O–H groups in total. The zero-order valence-electron chi connectivity index (χ0n) is 9.74. The molecule has 5 heteroatoms. The topological polar surface area (TPSA) is 48.2 Å². The summed E-state index contributed by atoms with van der Waals surface area (Å²) in [6.07, 6.45) is 1.00. The highest BCUT2D eigenvalue weighted by atomic mass is 127. The van der Waals surface area contributed by atoms with Crippen LogP contribution in [0.25, 0.3) is 11.4 Å². The fraction of sp³-hybridized carbons (Fsp3) is 0.333. The van der Waals surface area contributed by atoms with Gasteiger partial charge in [-0.15, -0.1) is 0 Å². The average molecular weight is 344 g/mol. The molecule has 4 nitrogen and oxygen atoms in total. The van der Waals surface area contributed by atoms with Gasteiger partial charge in [-0.3, -0.25) is 0 Å². The molecule has 0 aliphatic rings. The predicted molar refractivity (Wildman–Crippen MR) is 73.0 cm³/mol. The molecule has 0 spiro atoms. The lowest BCUT2D eigenvalue weighted by Gasteiger charge is -2.07. The zero-order chi connectivity index (χ0) is 12.3. The maximum absolute atomic E-state index is 5.61. The highest BCUT2D eigenvalue weighted by molar-refractivity contribution is 14.1. The van der Waals surface area contributed by atoms with Crippen LogP contribution in [0.15, 0.2) is 22.7 Å². The van der Waals surface area contributed by atoms with E-state index in [1.165, 1.54) is 0 Å².